The van der Waals surface area contributed by atoms with Crippen LogP contribution in [0.1, 0.15) is 35.2 Å². The molecule has 14 heavy (non-hydrogen) atoms. The molecule has 2 rings (SSSR count). The molecule has 0 radical (unpaired) electrons. The summed E-state index contributed by atoms with van der Waals surface area (Å²) in [6, 6.07) is 5.91. The average Bonchev–Trinajstić information content (AvgIpc) is 2.87. The Morgan fingerprint density at radius 1 is 1.50 bits per heavy atom. The first-order chi connectivity index (χ1) is 6.66. The maximum atomic E-state index is 11.8. The maximum absolute atomic E-state index is 11.8. The Morgan fingerprint density at radius 3 is 2.79 bits per heavy atom. The van der Waals surface area contributed by atoms with Crippen molar-refractivity contribution < 1.29 is 4.79 Å². The van der Waals surface area contributed by atoms with Crippen LogP contribution in [0, 0.1) is 12.8 Å². The summed E-state index contributed by atoms with van der Waals surface area (Å²) in [6.45, 7) is 2.03. The normalized spacial score (nSPS) is 15.6. The first kappa shape index (κ1) is 9.91. The van der Waals surface area contributed by atoms with Gasteiger partial charge in [-0.1, -0.05) is 28.1 Å². The molecule has 1 aromatic rings. The first-order valence-corrected chi connectivity index (χ1v) is 5.75. The SMILES string of the molecule is Cc1ccc(C(=O)CC2CC2)c(Br)c1. The molecular formula is C12H13BrO. The van der Waals surface area contributed by atoms with Gasteiger partial charge in [-0.15, -0.1) is 0 Å². The minimum Gasteiger partial charge on any atom is -0.294 e. The van der Waals surface area contributed by atoms with Crippen molar-refractivity contribution in [3.05, 3.63) is 33.8 Å². The Labute approximate surface area is 92.6 Å². The quantitative estimate of drug-likeness (QED) is 0.750. The largest absolute Gasteiger partial charge is 0.294 e. The molecule has 1 aliphatic rings. The van der Waals surface area contributed by atoms with E-state index >= 15 is 0 Å². The summed E-state index contributed by atoms with van der Waals surface area (Å²) in [5.74, 6) is 0.940. The minimum absolute atomic E-state index is 0.277. The summed E-state index contributed by atoms with van der Waals surface area (Å²) in [7, 11) is 0. The highest BCUT2D eigenvalue weighted by Gasteiger charge is 2.25. The van der Waals surface area contributed by atoms with Crippen LogP contribution in [0.3, 0.4) is 0 Å². The second kappa shape index (κ2) is 3.85. The van der Waals surface area contributed by atoms with E-state index in [1.165, 1.54) is 18.4 Å². The number of carbonyl (C=O) groups excluding carboxylic acids is 1. The molecule has 0 aliphatic heterocycles. The molecule has 1 fully saturated rings. The Hall–Kier alpha value is -0.630. The van der Waals surface area contributed by atoms with Crippen molar-refractivity contribution in [3.8, 4) is 0 Å². The van der Waals surface area contributed by atoms with Gasteiger partial charge in [0.25, 0.3) is 0 Å². The fourth-order valence-corrected chi connectivity index (χ4v) is 2.25. The third-order valence-corrected chi connectivity index (χ3v) is 3.25. The van der Waals surface area contributed by atoms with E-state index in [0.29, 0.717) is 5.92 Å². The third kappa shape index (κ3) is 2.24. The monoisotopic (exact) mass is 252 g/mol. The second-order valence-corrected chi connectivity index (χ2v) is 4.91. The highest BCUT2D eigenvalue weighted by molar-refractivity contribution is 9.10. The standard InChI is InChI=1S/C12H13BrO/c1-8-2-5-10(11(13)6-8)12(14)7-9-3-4-9/h2,5-6,9H,3-4,7H2,1H3. The molecule has 1 aromatic carbocycles. The minimum atomic E-state index is 0.277. The Bertz CT molecular complexity index is 367. The van der Waals surface area contributed by atoms with E-state index in [4.69, 9.17) is 0 Å². The predicted octanol–water partition coefficient (Wildman–Crippen LogP) is 3.74. The van der Waals surface area contributed by atoms with Gasteiger partial charge in [0, 0.05) is 16.5 Å². The van der Waals surface area contributed by atoms with Crippen molar-refractivity contribution in [2.24, 2.45) is 5.92 Å². The van der Waals surface area contributed by atoms with Gasteiger partial charge in [-0.05, 0) is 37.3 Å². The van der Waals surface area contributed by atoms with Crippen molar-refractivity contribution in [2.75, 3.05) is 0 Å². The lowest BCUT2D eigenvalue weighted by molar-refractivity contribution is 0.0975. The second-order valence-electron chi connectivity index (χ2n) is 4.05. The molecule has 74 valence electrons. The van der Waals surface area contributed by atoms with Gasteiger partial charge in [0.05, 0.1) is 0 Å². The molecule has 1 saturated carbocycles. The molecule has 0 atom stereocenters. The van der Waals surface area contributed by atoms with E-state index in [2.05, 4.69) is 15.9 Å². The summed E-state index contributed by atoms with van der Waals surface area (Å²) in [6.07, 6.45) is 3.19. The summed E-state index contributed by atoms with van der Waals surface area (Å²) in [4.78, 5) is 11.8. The van der Waals surface area contributed by atoms with E-state index in [9.17, 15) is 4.79 Å². The number of hydrogen-bond acceptors (Lipinski definition) is 1. The summed E-state index contributed by atoms with van der Waals surface area (Å²) >= 11 is 3.44. The molecule has 2 heteroatoms. The molecular weight excluding hydrogens is 240 g/mol. The topological polar surface area (TPSA) is 17.1 Å². The molecule has 0 spiro atoms. The van der Waals surface area contributed by atoms with Gasteiger partial charge < -0.3 is 0 Å². The van der Waals surface area contributed by atoms with Crippen molar-refractivity contribution in [3.63, 3.8) is 0 Å². The summed E-state index contributed by atoms with van der Waals surface area (Å²) in [5.41, 5.74) is 2.02. The summed E-state index contributed by atoms with van der Waals surface area (Å²) in [5, 5.41) is 0. The average molecular weight is 253 g/mol. The number of benzene rings is 1. The third-order valence-electron chi connectivity index (χ3n) is 2.60. The van der Waals surface area contributed by atoms with Gasteiger partial charge in [0.1, 0.15) is 0 Å². The number of ketones is 1. The molecule has 0 bridgehead atoms. The summed E-state index contributed by atoms with van der Waals surface area (Å²) < 4.78 is 0.933. The van der Waals surface area contributed by atoms with Crippen LogP contribution in [0.15, 0.2) is 22.7 Å². The zero-order valence-corrected chi connectivity index (χ0v) is 9.80. The van der Waals surface area contributed by atoms with Crippen LogP contribution in [-0.2, 0) is 0 Å². The molecule has 0 saturated heterocycles. The van der Waals surface area contributed by atoms with Gasteiger partial charge in [-0.2, -0.15) is 0 Å². The number of hydrogen-bond donors (Lipinski definition) is 0. The molecule has 0 unspecified atom stereocenters. The number of aryl methyl sites for hydroxylation is 1. The van der Waals surface area contributed by atoms with Crippen molar-refractivity contribution in [2.45, 2.75) is 26.2 Å². The highest BCUT2D eigenvalue weighted by Crippen LogP contribution is 2.34. The molecule has 0 N–H and O–H groups in total. The van der Waals surface area contributed by atoms with Crippen LogP contribution in [0.2, 0.25) is 0 Å². The van der Waals surface area contributed by atoms with E-state index in [0.717, 1.165) is 16.5 Å². The fraction of sp³-hybridized carbons (Fsp3) is 0.417. The molecule has 0 aromatic heterocycles. The number of rotatable bonds is 3. The van der Waals surface area contributed by atoms with Crippen LogP contribution in [0.5, 0.6) is 0 Å². The van der Waals surface area contributed by atoms with Gasteiger partial charge >= 0.3 is 0 Å². The smallest absolute Gasteiger partial charge is 0.164 e. The zero-order valence-electron chi connectivity index (χ0n) is 8.22. The van der Waals surface area contributed by atoms with Crippen LogP contribution in [0.4, 0.5) is 0 Å². The van der Waals surface area contributed by atoms with Gasteiger partial charge in [-0.25, -0.2) is 0 Å². The molecule has 0 heterocycles. The van der Waals surface area contributed by atoms with Crippen LogP contribution in [0.25, 0.3) is 0 Å². The number of halogens is 1. The van der Waals surface area contributed by atoms with Crippen molar-refractivity contribution in [1.29, 1.82) is 0 Å². The van der Waals surface area contributed by atoms with E-state index in [1.54, 1.807) is 0 Å². The lowest BCUT2D eigenvalue weighted by Crippen LogP contribution is -2.01. The van der Waals surface area contributed by atoms with Gasteiger partial charge in [0.15, 0.2) is 5.78 Å². The Balaban J connectivity index is 2.17. The maximum Gasteiger partial charge on any atom is 0.164 e. The number of carbonyl (C=O) groups is 1. The molecule has 0 amide bonds. The van der Waals surface area contributed by atoms with Gasteiger partial charge in [-0.3, -0.25) is 4.79 Å². The molecule has 1 aliphatic carbocycles. The first-order valence-electron chi connectivity index (χ1n) is 4.96. The van der Waals surface area contributed by atoms with Gasteiger partial charge in [0.2, 0.25) is 0 Å². The Morgan fingerprint density at radius 2 is 2.21 bits per heavy atom. The van der Waals surface area contributed by atoms with E-state index in [-0.39, 0.29) is 5.78 Å². The predicted molar refractivity (Wildman–Crippen MR) is 60.6 cm³/mol. The van der Waals surface area contributed by atoms with Crippen molar-refractivity contribution >= 4 is 21.7 Å². The fourth-order valence-electron chi connectivity index (χ4n) is 1.54. The van der Waals surface area contributed by atoms with Crippen LogP contribution in [-0.4, -0.2) is 5.78 Å². The zero-order chi connectivity index (χ0) is 10.1. The van der Waals surface area contributed by atoms with Crippen LogP contribution < -0.4 is 0 Å². The van der Waals surface area contributed by atoms with E-state index < -0.39 is 0 Å². The molecule has 1 nitrogen and oxygen atoms in total. The van der Waals surface area contributed by atoms with Crippen LogP contribution >= 0.6 is 15.9 Å². The number of Topliss-reactive ketones (excluding diaryl/α,β-unsaturated/α-hetero) is 1. The van der Waals surface area contributed by atoms with Crippen molar-refractivity contribution in [1.82, 2.24) is 0 Å². The lowest BCUT2D eigenvalue weighted by Gasteiger charge is -2.03. The van der Waals surface area contributed by atoms with E-state index in [1.807, 2.05) is 25.1 Å². The lowest BCUT2D eigenvalue weighted by atomic mass is 10.0. The Kier molecular flexibility index (Phi) is 2.73. The highest BCUT2D eigenvalue weighted by atomic mass is 79.9.